The van der Waals surface area contributed by atoms with Crippen LogP contribution in [0.15, 0.2) is 52.0 Å². The zero-order valence-electron chi connectivity index (χ0n) is 15.8. The van der Waals surface area contributed by atoms with Crippen molar-refractivity contribution in [1.82, 2.24) is 15.6 Å². The summed E-state index contributed by atoms with van der Waals surface area (Å²) in [4.78, 5) is 11.3. The van der Waals surface area contributed by atoms with Crippen LogP contribution >= 0.6 is 35.3 Å². The van der Waals surface area contributed by atoms with Crippen LogP contribution in [-0.2, 0) is 19.5 Å². The highest BCUT2D eigenvalue weighted by molar-refractivity contribution is 14.0. The molecular formula is C20H25IN4OS. The van der Waals surface area contributed by atoms with Gasteiger partial charge in [-0.15, -0.1) is 35.3 Å². The molecule has 0 atom stereocenters. The number of oxazole rings is 1. The molecule has 0 aliphatic rings. The van der Waals surface area contributed by atoms with E-state index in [9.17, 15) is 0 Å². The fourth-order valence-electron chi connectivity index (χ4n) is 2.50. The van der Waals surface area contributed by atoms with Gasteiger partial charge >= 0.3 is 0 Å². The lowest BCUT2D eigenvalue weighted by Gasteiger charge is -2.09. The van der Waals surface area contributed by atoms with Crippen LogP contribution in [0, 0.1) is 6.92 Å². The fraction of sp³-hybridized carbons (Fsp3) is 0.300. The molecule has 1 aromatic carbocycles. The molecule has 27 heavy (non-hydrogen) atoms. The Bertz CT molecular complexity index is 870. The molecule has 7 heteroatoms. The van der Waals surface area contributed by atoms with Crippen LogP contribution in [0.25, 0.3) is 11.3 Å². The summed E-state index contributed by atoms with van der Waals surface area (Å²) < 4.78 is 5.83. The van der Waals surface area contributed by atoms with E-state index in [1.54, 1.807) is 13.2 Å². The van der Waals surface area contributed by atoms with Crippen LogP contribution in [0.1, 0.15) is 28.1 Å². The molecule has 2 aromatic heterocycles. The Balaban J connectivity index is 0.00000261. The summed E-state index contributed by atoms with van der Waals surface area (Å²) in [7, 11) is 1.76. The van der Waals surface area contributed by atoms with E-state index in [0.717, 1.165) is 30.2 Å². The van der Waals surface area contributed by atoms with E-state index in [2.05, 4.69) is 58.7 Å². The molecule has 3 aromatic rings. The Labute approximate surface area is 181 Å². The molecule has 0 aliphatic carbocycles. The van der Waals surface area contributed by atoms with Gasteiger partial charge in [-0.1, -0.05) is 36.8 Å². The molecule has 0 spiro atoms. The normalized spacial score (nSPS) is 11.1. The number of nitrogens with one attached hydrogen (secondary N) is 2. The Morgan fingerprint density at radius 2 is 1.78 bits per heavy atom. The van der Waals surface area contributed by atoms with E-state index < -0.39 is 0 Å². The van der Waals surface area contributed by atoms with E-state index in [-0.39, 0.29) is 24.0 Å². The highest BCUT2D eigenvalue weighted by Crippen LogP contribution is 2.20. The van der Waals surface area contributed by atoms with Crippen molar-refractivity contribution < 1.29 is 4.42 Å². The van der Waals surface area contributed by atoms with Crippen molar-refractivity contribution in [2.45, 2.75) is 33.4 Å². The van der Waals surface area contributed by atoms with Gasteiger partial charge in [0.1, 0.15) is 0 Å². The maximum Gasteiger partial charge on any atom is 0.214 e. The SMILES string of the molecule is CCc1ccc(CNC(=NC)NCc2ncc(-c3ccc(C)cc3)o2)s1.I. The minimum atomic E-state index is 0. The van der Waals surface area contributed by atoms with E-state index in [1.165, 1.54) is 15.3 Å². The third kappa shape index (κ3) is 6.07. The number of hydrogen-bond acceptors (Lipinski definition) is 4. The Morgan fingerprint density at radius 3 is 2.44 bits per heavy atom. The molecule has 0 bridgehead atoms. The fourth-order valence-corrected chi connectivity index (χ4v) is 3.40. The molecule has 5 nitrogen and oxygen atoms in total. The van der Waals surface area contributed by atoms with Gasteiger partial charge in [-0.05, 0) is 25.5 Å². The number of halogens is 1. The van der Waals surface area contributed by atoms with Crippen molar-refractivity contribution >= 4 is 41.3 Å². The number of thiophene rings is 1. The van der Waals surface area contributed by atoms with Gasteiger partial charge in [0.05, 0.1) is 19.3 Å². The van der Waals surface area contributed by atoms with Gasteiger partial charge in [-0.3, -0.25) is 4.99 Å². The summed E-state index contributed by atoms with van der Waals surface area (Å²) in [5, 5.41) is 6.56. The van der Waals surface area contributed by atoms with E-state index in [4.69, 9.17) is 4.42 Å². The number of benzene rings is 1. The van der Waals surface area contributed by atoms with Crippen molar-refractivity contribution in [3.05, 3.63) is 63.8 Å². The van der Waals surface area contributed by atoms with Crippen LogP contribution in [0.2, 0.25) is 0 Å². The molecule has 0 aliphatic heterocycles. The molecule has 0 fully saturated rings. The number of aliphatic imine (C=N–C) groups is 1. The second-order valence-corrected chi connectivity index (χ2v) is 7.24. The van der Waals surface area contributed by atoms with Crippen molar-refractivity contribution in [3.8, 4) is 11.3 Å². The average molecular weight is 496 g/mol. The van der Waals surface area contributed by atoms with Crippen LogP contribution in [0.4, 0.5) is 0 Å². The first kappa shape index (κ1) is 21.4. The van der Waals surface area contributed by atoms with Crippen molar-refractivity contribution in [2.75, 3.05) is 7.05 Å². The van der Waals surface area contributed by atoms with Gasteiger partial charge in [0, 0.05) is 22.4 Å². The first-order chi connectivity index (χ1) is 12.7. The molecule has 0 unspecified atom stereocenters. The molecule has 0 saturated heterocycles. The maximum atomic E-state index is 5.83. The van der Waals surface area contributed by atoms with Crippen molar-refractivity contribution in [2.24, 2.45) is 4.99 Å². The van der Waals surface area contributed by atoms with Crippen LogP contribution < -0.4 is 10.6 Å². The number of hydrogen-bond donors (Lipinski definition) is 2. The van der Waals surface area contributed by atoms with Crippen LogP contribution in [-0.4, -0.2) is 18.0 Å². The average Bonchev–Trinajstić information content (AvgIpc) is 3.32. The van der Waals surface area contributed by atoms with Gasteiger partial charge in [-0.25, -0.2) is 4.98 Å². The third-order valence-corrected chi connectivity index (χ3v) is 5.25. The molecule has 2 heterocycles. The van der Waals surface area contributed by atoms with E-state index in [1.807, 2.05) is 23.5 Å². The van der Waals surface area contributed by atoms with Crippen LogP contribution in [0.3, 0.4) is 0 Å². The second-order valence-electron chi connectivity index (χ2n) is 5.99. The number of guanidine groups is 1. The van der Waals surface area contributed by atoms with Gasteiger partial charge in [0.25, 0.3) is 0 Å². The first-order valence-electron chi connectivity index (χ1n) is 8.71. The Hall–Kier alpha value is -1.87. The maximum absolute atomic E-state index is 5.83. The number of nitrogens with zero attached hydrogens (tertiary/aromatic N) is 2. The third-order valence-electron chi connectivity index (χ3n) is 4.02. The summed E-state index contributed by atoms with van der Waals surface area (Å²) in [6.45, 7) is 5.48. The zero-order valence-corrected chi connectivity index (χ0v) is 18.9. The van der Waals surface area contributed by atoms with Gasteiger partial charge in [-0.2, -0.15) is 0 Å². The zero-order chi connectivity index (χ0) is 18.4. The summed E-state index contributed by atoms with van der Waals surface area (Å²) >= 11 is 1.83. The summed E-state index contributed by atoms with van der Waals surface area (Å²) in [6, 6.07) is 12.5. The Morgan fingerprint density at radius 1 is 1.07 bits per heavy atom. The van der Waals surface area contributed by atoms with Crippen LogP contribution in [0.5, 0.6) is 0 Å². The van der Waals surface area contributed by atoms with Gasteiger partial charge in [0.2, 0.25) is 5.89 Å². The molecule has 0 saturated carbocycles. The molecule has 0 amide bonds. The lowest BCUT2D eigenvalue weighted by molar-refractivity contribution is 0.497. The predicted molar refractivity (Wildman–Crippen MR) is 123 cm³/mol. The topological polar surface area (TPSA) is 62.5 Å². The van der Waals surface area contributed by atoms with Crippen molar-refractivity contribution in [1.29, 1.82) is 0 Å². The molecular weight excluding hydrogens is 471 g/mol. The monoisotopic (exact) mass is 496 g/mol. The standard InChI is InChI=1S/C20H24N4OS.HI/c1-4-16-9-10-17(26-16)11-23-20(21-3)24-13-19-22-12-18(25-19)15-7-5-14(2)6-8-15;/h5-10,12H,4,11,13H2,1-3H3,(H2,21,23,24);1H. The van der Waals surface area contributed by atoms with Gasteiger partial charge in [0.15, 0.2) is 11.7 Å². The predicted octanol–water partition coefficient (Wildman–Crippen LogP) is 4.76. The minimum Gasteiger partial charge on any atom is -0.439 e. The van der Waals surface area contributed by atoms with Gasteiger partial charge < -0.3 is 15.1 Å². The first-order valence-corrected chi connectivity index (χ1v) is 9.53. The summed E-state index contributed by atoms with van der Waals surface area (Å²) in [5.41, 5.74) is 2.25. The second kappa shape index (κ2) is 10.5. The lowest BCUT2D eigenvalue weighted by Crippen LogP contribution is -2.36. The molecule has 0 radical (unpaired) electrons. The molecule has 144 valence electrons. The lowest BCUT2D eigenvalue weighted by atomic mass is 10.1. The molecule has 2 N–H and O–H groups in total. The summed E-state index contributed by atoms with van der Waals surface area (Å²) in [6.07, 6.45) is 2.83. The molecule has 3 rings (SSSR count). The minimum absolute atomic E-state index is 0. The highest BCUT2D eigenvalue weighted by Gasteiger charge is 2.07. The number of aromatic nitrogens is 1. The largest absolute Gasteiger partial charge is 0.439 e. The number of aryl methyl sites for hydroxylation is 2. The smallest absolute Gasteiger partial charge is 0.214 e. The van der Waals surface area contributed by atoms with E-state index in [0.29, 0.717) is 12.4 Å². The van der Waals surface area contributed by atoms with E-state index >= 15 is 0 Å². The quantitative estimate of drug-likeness (QED) is 0.294. The highest BCUT2D eigenvalue weighted by atomic mass is 127. The Kier molecular flexibility index (Phi) is 8.30. The summed E-state index contributed by atoms with van der Waals surface area (Å²) in [5.74, 6) is 2.13. The van der Waals surface area contributed by atoms with Crippen molar-refractivity contribution in [3.63, 3.8) is 0 Å². The number of rotatable bonds is 6.